The zero-order valence-corrected chi connectivity index (χ0v) is 9.17. The summed E-state index contributed by atoms with van der Waals surface area (Å²) in [5.74, 6) is -0.252. The number of ether oxygens (including phenoxy) is 1. The van der Waals surface area contributed by atoms with Crippen LogP contribution in [0.3, 0.4) is 0 Å². The van der Waals surface area contributed by atoms with Crippen molar-refractivity contribution in [2.75, 3.05) is 13.7 Å². The molecular formula is C10H20N2O2. The molecule has 0 aromatic carbocycles. The van der Waals surface area contributed by atoms with E-state index < -0.39 is 0 Å². The molecule has 1 fully saturated rings. The molecule has 82 valence electrons. The van der Waals surface area contributed by atoms with Gasteiger partial charge in [0.05, 0.1) is 6.10 Å². The van der Waals surface area contributed by atoms with E-state index in [0.29, 0.717) is 25.1 Å². The van der Waals surface area contributed by atoms with Crippen LogP contribution in [0.15, 0.2) is 0 Å². The summed E-state index contributed by atoms with van der Waals surface area (Å²) in [4.78, 5) is 10.5. The minimum Gasteiger partial charge on any atom is -0.381 e. The quantitative estimate of drug-likeness (QED) is 0.669. The SMILES string of the molecule is COC1CC(NCCC(N)=O)C1(C)C. The van der Waals surface area contributed by atoms with Crippen LogP contribution in [0.5, 0.6) is 0 Å². The Labute approximate surface area is 85.2 Å². The minimum atomic E-state index is -0.252. The second-order valence-electron chi connectivity index (χ2n) is 4.50. The van der Waals surface area contributed by atoms with Crippen molar-refractivity contribution in [3.8, 4) is 0 Å². The molecule has 0 saturated heterocycles. The van der Waals surface area contributed by atoms with Crippen molar-refractivity contribution >= 4 is 5.91 Å². The largest absolute Gasteiger partial charge is 0.381 e. The third-order valence-electron chi connectivity index (χ3n) is 3.22. The van der Waals surface area contributed by atoms with Crippen molar-refractivity contribution < 1.29 is 9.53 Å². The lowest BCUT2D eigenvalue weighted by atomic mass is 9.64. The summed E-state index contributed by atoms with van der Waals surface area (Å²) >= 11 is 0. The molecule has 4 nitrogen and oxygen atoms in total. The smallest absolute Gasteiger partial charge is 0.218 e. The number of nitrogens with one attached hydrogen (secondary N) is 1. The van der Waals surface area contributed by atoms with Gasteiger partial charge in [-0.25, -0.2) is 0 Å². The number of rotatable bonds is 5. The molecule has 0 aromatic heterocycles. The van der Waals surface area contributed by atoms with Gasteiger partial charge in [-0.1, -0.05) is 13.8 Å². The van der Waals surface area contributed by atoms with Crippen LogP contribution >= 0.6 is 0 Å². The molecule has 0 heterocycles. The lowest BCUT2D eigenvalue weighted by Gasteiger charge is -2.51. The Morgan fingerprint density at radius 2 is 2.29 bits per heavy atom. The lowest BCUT2D eigenvalue weighted by Crippen LogP contribution is -2.60. The Bertz CT molecular complexity index is 216. The van der Waals surface area contributed by atoms with Gasteiger partial charge in [0, 0.05) is 31.5 Å². The monoisotopic (exact) mass is 200 g/mol. The number of nitrogens with two attached hydrogens (primary N) is 1. The highest BCUT2D eigenvalue weighted by Gasteiger charge is 2.47. The summed E-state index contributed by atoms with van der Waals surface area (Å²) in [5, 5.41) is 3.32. The van der Waals surface area contributed by atoms with Crippen LogP contribution in [0, 0.1) is 5.41 Å². The van der Waals surface area contributed by atoms with E-state index in [0.717, 1.165) is 6.42 Å². The van der Waals surface area contributed by atoms with E-state index in [1.165, 1.54) is 0 Å². The van der Waals surface area contributed by atoms with Crippen LogP contribution in [0.2, 0.25) is 0 Å². The van der Waals surface area contributed by atoms with Crippen molar-refractivity contribution in [1.29, 1.82) is 0 Å². The van der Waals surface area contributed by atoms with Crippen molar-refractivity contribution in [3.63, 3.8) is 0 Å². The zero-order valence-electron chi connectivity index (χ0n) is 9.17. The van der Waals surface area contributed by atoms with Gasteiger partial charge in [0.15, 0.2) is 0 Å². The zero-order chi connectivity index (χ0) is 10.8. The highest BCUT2D eigenvalue weighted by atomic mass is 16.5. The topological polar surface area (TPSA) is 64.3 Å². The molecule has 1 rings (SSSR count). The van der Waals surface area contributed by atoms with Crippen molar-refractivity contribution in [3.05, 3.63) is 0 Å². The first-order chi connectivity index (χ1) is 6.48. The Kier molecular flexibility index (Phi) is 3.50. The predicted molar refractivity (Wildman–Crippen MR) is 54.8 cm³/mol. The van der Waals surface area contributed by atoms with Crippen LogP contribution in [-0.4, -0.2) is 31.7 Å². The van der Waals surface area contributed by atoms with E-state index in [-0.39, 0.29) is 11.3 Å². The molecule has 2 unspecified atom stereocenters. The van der Waals surface area contributed by atoms with Crippen LogP contribution in [0.25, 0.3) is 0 Å². The number of hydrogen-bond donors (Lipinski definition) is 2. The second-order valence-corrected chi connectivity index (χ2v) is 4.50. The number of primary amides is 1. The molecule has 0 spiro atoms. The van der Waals surface area contributed by atoms with Crippen molar-refractivity contribution in [1.82, 2.24) is 5.32 Å². The van der Waals surface area contributed by atoms with E-state index in [9.17, 15) is 4.79 Å². The molecule has 3 N–H and O–H groups in total. The fourth-order valence-corrected chi connectivity index (χ4v) is 2.00. The number of carbonyl (C=O) groups is 1. The van der Waals surface area contributed by atoms with Crippen LogP contribution in [-0.2, 0) is 9.53 Å². The van der Waals surface area contributed by atoms with Gasteiger partial charge in [-0.15, -0.1) is 0 Å². The Hall–Kier alpha value is -0.610. The normalized spacial score (nSPS) is 29.6. The predicted octanol–water partition coefficient (Wildman–Crippen LogP) is 0.265. The summed E-state index contributed by atoms with van der Waals surface area (Å²) in [6, 6.07) is 0.437. The summed E-state index contributed by atoms with van der Waals surface area (Å²) in [6.45, 7) is 5.01. The Balaban J connectivity index is 2.25. The number of carbonyl (C=O) groups excluding carboxylic acids is 1. The maximum atomic E-state index is 10.5. The molecule has 1 aliphatic carbocycles. The summed E-state index contributed by atoms with van der Waals surface area (Å²) in [7, 11) is 1.74. The molecule has 0 radical (unpaired) electrons. The maximum absolute atomic E-state index is 10.5. The first-order valence-corrected chi connectivity index (χ1v) is 5.03. The molecule has 1 saturated carbocycles. The standard InChI is InChI=1S/C10H20N2O2/c1-10(2)7(6-8(10)14-3)12-5-4-9(11)13/h7-8,12H,4-6H2,1-3H3,(H2,11,13). The maximum Gasteiger partial charge on any atom is 0.218 e. The van der Waals surface area contributed by atoms with E-state index in [1.54, 1.807) is 7.11 Å². The van der Waals surface area contributed by atoms with E-state index in [2.05, 4.69) is 19.2 Å². The van der Waals surface area contributed by atoms with Gasteiger partial charge in [0.1, 0.15) is 0 Å². The van der Waals surface area contributed by atoms with Gasteiger partial charge in [-0.05, 0) is 6.42 Å². The summed E-state index contributed by atoms with van der Waals surface area (Å²) in [5.41, 5.74) is 5.21. The fourth-order valence-electron chi connectivity index (χ4n) is 2.00. The van der Waals surface area contributed by atoms with Crippen LogP contribution < -0.4 is 11.1 Å². The molecule has 2 atom stereocenters. The molecule has 4 heteroatoms. The number of amides is 1. The Morgan fingerprint density at radius 3 is 2.71 bits per heavy atom. The van der Waals surface area contributed by atoms with Crippen molar-refractivity contribution in [2.24, 2.45) is 11.1 Å². The molecule has 14 heavy (non-hydrogen) atoms. The summed E-state index contributed by atoms with van der Waals surface area (Å²) in [6.07, 6.45) is 1.75. The molecule has 0 aromatic rings. The molecule has 0 bridgehead atoms. The van der Waals surface area contributed by atoms with E-state index >= 15 is 0 Å². The van der Waals surface area contributed by atoms with E-state index in [1.807, 2.05) is 0 Å². The van der Waals surface area contributed by atoms with Gasteiger partial charge in [0.25, 0.3) is 0 Å². The highest BCUT2D eigenvalue weighted by Crippen LogP contribution is 2.42. The van der Waals surface area contributed by atoms with Gasteiger partial charge >= 0.3 is 0 Å². The second kappa shape index (κ2) is 4.28. The summed E-state index contributed by atoms with van der Waals surface area (Å²) < 4.78 is 5.33. The fraction of sp³-hybridized carbons (Fsp3) is 0.900. The molecular weight excluding hydrogens is 180 g/mol. The van der Waals surface area contributed by atoms with Crippen LogP contribution in [0.4, 0.5) is 0 Å². The third-order valence-corrected chi connectivity index (χ3v) is 3.22. The first-order valence-electron chi connectivity index (χ1n) is 5.03. The lowest BCUT2D eigenvalue weighted by molar-refractivity contribution is -0.118. The first kappa shape index (κ1) is 11.5. The van der Waals surface area contributed by atoms with Gasteiger partial charge in [0.2, 0.25) is 5.91 Å². The van der Waals surface area contributed by atoms with E-state index in [4.69, 9.17) is 10.5 Å². The number of methoxy groups -OCH3 is 1. The minimum absolute atomic E-state index is 0.159. The average Bonchev–Trinajstić information content (AvgIpc) is 2.09. The van der Waals surface area contributed by atoms with Crippen LogP contribution in [0.1, 0.15) is 26.7 Å². The molecule has 0 aliphatic heterocycles. The van der Waals surface area contributed by atoms with Gasteiger partial charge < -0.3 is 15.8 Å². The third kappa shape index (κ3) is 2.25. The molecule has 1 amide bonds. The van der Waals surface area contributed by atoms with Gasteiger partial charge in [-0.3, -0.25) is 4.79 Å². The Morgan fingerprint density at radius 1 is 1.64 bits per heavy atom. The van der Waals surface area contributed by atoms with Crippen molar-refractivity contribution in [2.45, 2.75) is 38.8 Å². The number of hydrogen-bond acceptors (Lipinski definition) is 3. The highest BCUT2D eigenvalue weighted by molar-refractivity contribution is 5.73. The van der Waals surface area contributed by atoms with Gasteiger partial charge in [-0.2, -0.15) is 0 Å². The average molecular weight is 200 g/mol. The molecule has 1 aliphatic rings.